The Morgan fingerprint density at radius 1 is 1.10 bits per heavy atom. The van der Waals surface area contributed by atoms with E-state index in [1.165, 1.54) is 64.0 Å². The maximum absolute atomic E-state index is 3.73. The van der Waals surface area contributed by atoms with Gasteiger partial charge in [-0.1, -0.05) is 24.3 Å². The van der Waals surface area contributed by atoms with Gasteiger partial charge in [-0.2, -0.15) is 0 Å². The van der Waals surface area contributed by atoms with Crippen LogP contribution in [-0.4, -0.2) is 55.1 Å². The molecular formula is C18H27N3. The third-order valence-corrected chi connectivity index (χ3v) is 5.56. The summed E-state index contributed by atoms with van der Waals surface area (Å²) in [6.07, 6.45) is 5.37. The highest BCUT2D eigenvalue weighted by Crippen LogP contribution is 2.26. The van der Waals surface area contributed by atoms with Crippen molar-refractivity contribution in [3.8, 4) is 0 Å². The molecule has 0 aromatic heterocycles. The number of nitrogens with one attached hydrogen (secondary N) is 1. The van der Waals surface area contributed by atoms with E-state index < -0.39 is 0 Å². The number of benzene rings is 1. The van der Waals surface area contributed by atoms with Gasteiger partial charge >= 0.3 is 0 Å². The Bertz CT molecular complexity index is 481. The Labute approximate surface area is 128 Å². The zero-order chi connectivity index (χ0) is 14.1. The van der Waals surface area contributed by atoms with Gasteiger partial charge in [-0.05, 0) is 63.0 Å². The first-order valence-corrected chi connectivity index (χ1v) is 8.68. The predicted molar refractivity (Wildman–Crippen MR) is 86.5 cm³/mol. The average Bonchev–Trinajstić information content (AvgIpc) is 3.18. The largest absolute Gasteiger partial charge is 0.309 e. The lowest BCUT2D eigenvalue weighted by atomic mass is 9.94. The van der Waals surface area contributed by atoms with Crippen molar-refractivity contribution in [3.63, 3.8) is 0 Å². The molecule has 3 heterocycles. The van der Waals surface area contributed by atoms with Crippen molar-refractivity contribution in [1.82, 2.24) is 15.1 Å². The van der Waals surface area contributed by atoms with E-state index in [0.29, 0.717) is 6.04 Å². The van der Waals surface area contributed by atoms with Crippen LogP contribution in [0.25, 0.3) is 0 Å². The lowest BCUT2D eigenvalue weighted by molar-refractivity contribution is 0.222. The summed E-state index contributed by atoms with van der Waals surface area (Å²) in [5.74, 6) is 0. The lowest BCUT2D eigenvalue weighted by Gasteiger charge is -2.31. The number of hydrogen-bond donors (Lipinski definition) is 1. The van der Waals surface area contributed by atoms with Crippen LogP contribution in [0.2, 0.25) is 0 Å². The van der Waals surface area contributed by atoms with Crippen molar-refractivity contribution in [3.05, 3.63) is 35.4 Å². The Morgan fingerprint density at radius 3 is 2.86 bits per heavy atom. The molecule has 0 amide bonds. The first-order valence-electron chi connectivity index (χ1n) is 8.68. The van der Waals surface area contributed by atoms with E-state index in [-0.39, 0.29) is 0 Å². The molecule has 0 bridgehead atoms. The van der Waals surface area contributed by atoms with Crippen molar-refractivity contribution in [1.29, 1.82) is 0 Å². The van der Waals surface area contributed by atoms with Gasteiger partial charge in [-0.15, -0.1) is 0 Å². The number of nitrogens with zero attached hydrogens (tertiary/aromatic N) is 2. The molecule has 4 rings (SSSR count). The Balaban J connectivity index is 1.39. The molecule has 3 aliphatic rings. The minimum Gasteiger partial charge on any atom is -0.309 e. The van der Waals surface area contributed by atoms with Crippen LogP contribution in [0.1, 0.15) is 36.4 Å². The summed E-state index contributed by atoms with van der Waals surface area (Å²) in [6, 6.07) is 10.4. The minimum atomic E-state index is 0.535. The molecule has 0 aliphatic carbocycles. The molecule has 114 valence electrons. The molecule has 2 unspecified atom stereocenters. The fourth-order valence-corrected chi connectivity index (χ4v) is 4.40. The maximum atomic E-state index is 3.73. The van der Waals surface area contributed by atoms with Crippen LogP contribution >= 0.6 is 0 Å². The summed E-state index contributed by atoms with van der Waals surface area (Å²) in [7, 11) is 0. The highest BCUT2D eigenvalue weighted by molar-refractivity contribution is 5.32. The van der Waals surface area contributed by atoms with Gasteiger partial charge in [0.2, 0.25) is 0 Å². The number of hydrogen-bond acceptors (Lipinski definition) is 3. The molecular weight excluding hydrogens is 258 g/mol. The van der Waals surface area contributed by atoms with Crippen LogP contribution in [0.4, 0.5) is 0 Å². The first-order chi connectivity index (χ1) is 10.4. The molecule has 3 aliphatic heterocycles. The second kappa shape index (κ2) is 6.07. The molecule has 1 aromatic carbocycles. The first kappa shape index (κ1) is 13.7. The van der Waals surface area contributed by atoms with Gasteiger partial charge in [0, 0.05) is 25.2 Å². The Morgan fingerprint density at radius 2 is 1.95 bits per heavy atom. The molecule has 0 radical (unpaired) electrons. The summed E-state index contributed by atoms with van der Waals surface area (Å²) in [5.41, 5.74) is 3.09. The molecule has 2 atom stereocenters. The molecule has 1 aromatic rings. The van der Waals surface area contributed by atoms with Crippen LogP contribution in [-0.2, 0) is 6.42 Å². The maximum Gasteiger partial charge on any atom is 0.0452 e. The monoisotopic (exact) mass is 285 g/mol. The van der Waals surface area contributed by atoms with E-state index in [1.54, 1.807) is 5.56 Å². The van der Waals surface area contributed by atoms with Gasteiger partial charge in [0.05, 0.1) is 0 Å². The lowest BCUT2D eigenvalue weighted by Crippen LogP contribution is -2.40. The Hall–Kier alpha value is -0.900. The summed E-state index contributed by atoms with van der Waals surface area (Å²) in [6.45, 7) is 7.54. The fourth-order valence-electron chi connectivity index (χ4n) is 4.40. The van der Waals surface area contributed by atoms with E-state index in [9.17, 15) is 0 Å². The standard InChI is InChI=1S/C18H27N3/c1-2-6-17-15(5-1)7-9-19-18(17)14-20-12-8-16(13-20)21-10-3-4-11-21/h1-2,5-6,16,18-19H,3-4,7-14H2. The van der Waals surface area contributed by atoms with Crippen LogP contribution in [0.5, 0.6) is 0 Å². The zero-order valence-electron chi connectivity index (χ0n) is 12.9. The highest BCUT2D eigenvalue weighted by Gasteiger charge is 2.31. The summed E-state index contributed by atoms with van der Waals surface area (Å²) >= 11 is 0. The fraction of sp³-hybridized carbons (Fsp3) is 0.667. The Kier molecular flexibility index (Phi) is 3.97. The van der Waals surface area contributed by atoms with E-state index in [0.717, 1.165) is 12.6 Å². The minimum absolute atomic E-state index is 0.535. The normalized spacial score (nSPS) is 30.7. The SMILES string of the molecule is c1ccc2c(c1)CCNC2CN1CCC(N2CCCC2)C1. The van der Waals surface area contributed by atoms with Crippen molar-refractivity contribution in [2.24, 2.45) is 0 Å². The van der Waals surface area contributed by atoms with Crippen LogP contribution in [0.15, 0.2) is 24.3 Å². The molecule has 21 heavy (non-hydrogen) atoms. The van der Waals surface area contributed by atoms with E-state index in [4.69, 9.17) is 0 Å². The van der Waals surface area contributed by atoms with Gasteiger partial charge in [0.15, 0.2) is 0 Å². The van der Waals surface area contributed by atoms with Gasteiger partial charge in [0.1, 0.15) is 0 Å². The predicted octanol–water partition coefficient (Wildman–Crippen LogP) is 2.04. The average molecular weight is 285 g/mol. The van der Waals surface area contributed by atoms with Crippen LogP contribution in [0, 0.1) is 0 Å². The number of rotatable bonds is 3. The highest BCUT2D eigenvalue weighted by atomic mass is 15.3. The topological polar surface area (TPSA) is 18.5 Å². The summed E-state index contributed by atoms with van der Waals surface area (Å²) in [5, 5.41) is 3.73. The molecule has 1 N–H and O–H groups in total. The van der Waals surface area contributed by atoms with Gasteiger partial charge in [0.25, 0.3) is 0 Å². The molecule has 0 spiro atoms. The smallest absolute Gasteiger partial charge is 0.0452 e. The third-order valence-electron chi connectivity index (χ3n) is 5.56. The third kappa shape index (κ3) is 2.87. The van der Waals surface area contributed by atoms with Crippen LogP contribution in [0.3, 0.4) is 0 Å². The molecule has 0 saturated carbocycles. The second-order valence-corrected chi connectivity index (χ2v) is 6.90. The summed E-state index contributed by atoms with van der Waals surface area (Å²) in [4.78, 5) is 5.41. The van der Waals surface area contributed by atoms with Gasteiger partial charge in [-0.3, -0.25) is 9.80 Å². The second-order valence-electron chi connectivity index (χ2n) is 6.90. The van der Waals surface area contributed by atoms with Crippen molar-refractivity contribution in [2.45, 2.75) is 37.8 Å². The number of likely N-dealkylation sites (tertiary alicyclic amines) is 2. The molecule has 3 nitrogen and oxygen atoms in total. The molecule has 2 fully saturated rings. The van der Waals surface area contributed by atoms with Gasteiger partial charge < -0.3 is 5.32 Å². The summed E-state index contributed by atoms with van der Waals surface area (Å²) < 4.78 is 0. The van der Waals surface area contributed by atoms with Crippen LogP contribution < -0.4 is 5.32 Å². The van der Waals surface area contributed by atoms with E-state index >= 15 is 0 Å². The van der Waals surface area contributed by atoms with Gasteiger partial charge in [-0.25, -0.2) is 0 Å². The molecule has 2 saturated heterocycles. The van der Waals surface area contributed by atoms with Crippen molar-refractivity contribution >= 4 is 0 Å². The molecule has 3 heteroatoms. The quantitative estimate of drug-likeness (QED) is 0.917. The number of fused-ring (bicyclic) bond motifs is 1. The zero-order valence-corrected chi connectivity index (χ0v) is 12.9. The van der Waals surface area contributed by atoms with E-state index in [1.807, 2.05) is 0 Å². The van der Waals surface area contributed by atoms with Crippen molar-refractivity contribution < 1.29 is 0 Å². The van der Waals surface area contributed by atoms with E-state index in [2.05, 4.69) is 39.4 Å². The van der Waals surface area contributed by atoms with Crippen molar-refractivity contribution in [2.75, 3.05) is 39.3 Å².